The molecule has 0 bridgehead atoms. The van der Waals surface area contributed by atoms with Gasteiger partial charge in [-0.15, -0.1) is 11.3 Å². The molecule has 3 heterocycles. The highest BCUT2D eigenvalue weighted by molar-refractivity contribution is 7.09. The van der Waals surface area contributed by atoms with Crippen LogP contribution in [0.25, 0.3) is 0 Å². The number of hydrogen-bond donors (Lipinski definition) is 0. The standard InChI is InChI=1S/C20H24N2O2S/c1-15-21-17(12-25-15)20(16-6-4-3-5-7-16)8-10-22(11-9-20)18(23)19(2)13-24-14-19/h3-7,12H,8-11,13-14H2,1-2H3. The molecule has 2 aromatic rings. The lowest BCUT2D eigenvalue weighted by Gasteiger charge is -2.46. The summed E-state index contributed by atoms with van der Waals surface area (Å²) >= 11 is 1.71. The van der Waals surface area contributed by atoms with Crippen LogP contribution < -0.4 is 0 Å². The number of likely N-dealkylation sites (tertiary alicyclic amines) is 1. The van der Waals surface area contributed by atoms with Gasteiger partial charge in [0, 0.05) is 23.9 Å². The molecule has 1 aromatic carbocycles. The second-order valence-electron chi connectivity index (χ2n) is 7.55. The normalized spacial score (nSPS) is 21.6. The van der Waals surface area contributed by atoms with Crippen LogP contribution in [0.5, 0.6) is 0 Å². The fraction of sp³-hybridized carbons (Fsp3) is 0.500. The molecule has 0 atom stereocenters. The van der Waals surface area contributed by atoms with E-state index in [1.165, 1.54) is 5.56 Å². The summed E-state index contributed by atoms with van der Waals surface area (Å²) in [6, 6.07) is 10.7. The molecule has 4 rings (SSSR count). The van der Waals surface area contributed by atoms with Crippen molar-refractivity contribution in [3.63, 3.8) is 0 Å². The summed E-state index contributed by atoms with van der Waals surface area (Å²) in [5.74, 6) is 0.245. The number of benzene rings is 1. The van der Waals surface area contributed by atoms with Crippen molar-refractivity contribution < 1.29 is 9.53 Å². The molecular formula is C20H24N2O2S. The topological polar surface area (TPSA) is 42.4 Å². The maximum atomic E-state index is 12.8. The summed E-state index contributed by atoms with van der Waals surface area (Å²) in [6.07, 6.45) is 1.84. The van der Waals surface area contributed by atoms with Crippen LogP contribution >= 0.6 is 11.3 Å². The van der Waals surface area contributed by atoms with Crippen LogP contribution in [0.1, 0.15) is 36.0 Å². The van der Waals surface area contributed by atoms with E-state index in [-0.39, 0.29) is 16.7 Å². The smallest absolute Gasteiger partial charge is 0.233 e. The lowest BCUT2D eigenvalue weighted by molar-refractivity contribution is -0.170. The zero-order valence-electron chi connectivity index (χ0n) is 14.8. The van der Waals surface area contributed by atoms with Gasteiger partial charge in [0.05, 0.1) is 29.3 Å². The summed E-state index contributed by atoms with van der Waals surface area (Å²) in [4.78, 5) is 19.7. The van der Waals surface area contributed by atoms with Crippen LogP contribution in [0.15, 0.2) is 35.7 Å². The first-order valence-corrected chi connectivity index (χ1v) is 9.77. The van der Waals surface area contributed by atoms with Crippen molar-refractivity contribution >= 4 is 17.2 Å². The van der Waals surface area contributed by atoms with E-state index in [1.54, 1.807) is 11.3 Å². The second kappa shape index (κ2) is 6.22. The first-order chi connectivity index (χ1) is 12.0. The molecule has 2 saturated heterocycles. The minimum atomic E-state index is -0.316. The van der Waals surface area contributed by atoms with Crippen LogP contribution in [0.2, 0.25) is 0 Å². The van der Waals surface area contributed by atoms with E-state index in [2.05, 4.69) is 42.6 Å². The maximum Gasteiger partial charge on any atom is 0.233 e. The van der Waals surface area contributed by atoms with Crippen LogP contribution in [0, 0.1) is 12.3 Å². The predicted octanol–water partition coefficient (Wildman–Crippen LogP) is 3.40. The zero-order chi connectivity index (χ0) is 17.5. The van der Waals surface area contributed by atoms with Gasteiger partial charge in [0.25, 0.3) is 0 Å². The number of aryl methyl sites for hydroxylation is 1. The largest absolute Gasteiger partial charge is 0.379 e. The SMILES string of the molecule is Cc1nc(C2(c3ccccc3)CCN(C(=O)C3(C)COC3)CC2)cs1. The number of aromatic nitrogens is 1. The molecule has 1 amide bonds. The maximum absolute atomic E-state index is 12.8. The molecule has 5 heteroatoms. The Hall–Kier alpha value is -1.72. The van der Waals surface area contributed by atoms with E-state index in [0.29, 0.717) is 13.2 Å². The monoisotopic (exact) mass is 356 g/mol. The molecule has 2 fully saturated rings. The molecule has 0 spiro atoms. The van der Waals surface area contributed by atoms with Gasteiger partial charge in [0.15, 0.2) is 0 Å². The van der Waals surface area contributed by atoms with Crippen molar-refractivity contribution in [2.24, 2.45) is 5.41 Å². The number of carbonyl (C=O) groups excluding carboxylic acids is 1. The average molecular weight is 356 g/mol. The van der Waals surface area contributed by atoms with E-state index in [4.69, 9.17) is 9.72 Å². The summed E-state index contributed by atoms with van der Waals surface area (Å²) in [6.45, 7) is 6.74. The quantitative estimate of drug-likeness (QED) is 0.846. The van der Waals surface area contributed by atoms with Crippen molar-refractivity contribution in [2.45, 2.75) is 32.1 Å². The van der Waals surface area contributed by atoms with Crippen LogP contribution in [0.4, 0.5) is 0 Å². The molecule has 132 valence electrons. The van der Waals surface area contributed by atoms with Gasteiger partial charge < -0.3 is 9.64 Å². The fourth-order valence-corrected chi connectivity index (χ4v) is 4.75. The van der Waals surface area contributed by atoms with Crippen LogP contribution in [-0.4, -0.2) is 42.1 Å². The highest BCUT2D eigenvalue weighted by atomic mass is 32.1. The molecule has 0 saturated carbocycles. The van der Waals surface area contributed by atoms with Crippen molar-refractivity contribution in [2.75, 3.05) is 26.3 Å². The molecule has 0 unspecified atom stereocenters. The van der Waals surface area contributed by atoms with E-state index in [9.17, 15) is 4.79 Å². The molecule has 4 nitrogen and oxygen atoms in total. The summed E-state index contributed by atoms with van der Waals surface area (Å²) in [7, 11) is 0. The first kappa shape index (κ1) is 16.7. The Morgan fingerprint density at radius 3 is 2.40 bits per heavy atom. The van der Waals surface area contributed by atoms with Gasteiger partial charge >= 0.3 is 0 Å². The average Bonchev–Trinajstić information content (AvgIpc) is 3.07. The van der Waals surface area contributed by atoms with E-state index < -0.39 is 0 Å². The Bertz CT molecular complexity index is 759. The Balaban J connectivity index is 1.61. The van der Waals surface area contributed by atoms with Gasteiger partial charge in [-0.05, 0) is 32.3 Å². The number of rotatable bonds is 3. The summed E-state index contributed by atoms with van der Waals surface area (Å²) in [5.41, 5.74) is 2.07. The lowest BCUT2D eigenvalue weighted by Crippen LogP contribution is -2.56. The second-order valence-corrected chi connectivity index (χ2v) is 8.61. The summed E-state index contributed by atoms with van der Waals surface area (Å²) < 4.78 is 5.28. The molecule has 0 N–H and O–H groups in total. The lowest BCUT2D eigenvalue weighted by atomic mass is 9.70. The Morgan fingerprint density at radius 1 is 1.20 bits per heavy atom. The van der Waals surface area contributed by atoms with E-state index in [1.807, 2.05) is 11.8 Å². The molecule has 1 aromatic heterocycles. The zero-order valence-corrected chi connectivity index (χ0v) is 15.6. The van der Waals surface area contributed by atoms with Crippen molar-refractivity contribution in [3.8, 4) is 0 Å². The highest BCUT2D eigenvalue weighted by Crippen LogP contribution is 2.43. The molecule has 25 heavy (non-hydrogen) atoms. The molecular weight excluding hydrogens is 332 g/mol. The predicted molar refractivity (Wildman–Crippen MR) is 98.8 cm³/mol. The van der Waals surface area contributed by atoms with Gasteiger partial charge in [-0.1, -0.05) is 30.3 Å². The molecule has 0 aliphatic carbocycles. The highest BCUT2D eigenvalue weighted by Gasteiger charge is 2.47. The third kappa shape index (κ3) is 2.79. The number of hydrogen-bond acceptors (Lipinski definition) is 4. The van der Waals surface area contributed by atoms with Gasteiger partial charge in [0.2, 0.25) is 5.91 Å². The third-order valence-electron chi connectivity index (χ3n) is 5.70. The number of ether oxygens (including phenoxy) is 1. The minimum Gasteiger partial charge on any atom is -0.379 e. The molecule has 0 radical (unpaired) electrons. The van der Waals surface area contributed by atoms with Crippen molar-refractivity contribution in [1.82, 2.24) is 9.88 Å². The van der Waals surface area contributed by atoms with Gasteiger partial charge in [-0.3, -0.25) is 4.79 Å². The Kier molecular flexibility index (Phi) is 4.16. The van der Waals surface area contributed by atoms with E-state index in [0.717, 1.165) is 36.6 Å². The van der Waals surface area contributed by atoms with Crippen LogP contribution in [0.3, 0.4) is 0 Å². The van der Waals surface area contributed by atoms with Gasteiger partial charge in [-0.25, -0.2) is 4.98 Å². The van der Waals surface area contributed by atoms with Gasteiger partial charge in [-0.2, -0.15) is 0 Å². The van der Waals surface area contributed by atoms with Gasteiger partial charge in [0.1, 0.15) is 0 Å². The van der Waals surface area contributed by atoms with E-state index >= 15 is 0 Å². The number of thiazole rings is 1. The van der Waals surface area contributed by atoms with Crippen LogP contribution in [-0.2, 0) is 14.9 Å². The Labute approximate surface area is 152 Å². The molecule has 2 aliphatic heterocycles. The fourth-order valence-electron chi connectivity index (χ4n) is 4.04. The Morgan fingerprint density at radius 2 is 1.88 bits per heavy atom. The number of piperidine rings is 1. The van der Waals surface area contributed by atoms with Crippen molar-refractivity contribution in [1.29, 1.82) is 0 Å². The number of amides is 1. The number of carbonyl (C=O) groups is 1. The summed E-state index contributed by atoms with van der Waals surface area (Å²) in [5, 5.41) is 3.30. The minimum absolute atomic E-state index is 0.0835. The number of nitrogens with zero attached hydrogens (tertiary/aromatic N) is 2. The van der Waals surface area contributed by atoms with Crippen molar-refractivity contribution in [3.05, 3.63) is 52.0 Å². The molecule has 2 aliphatic rings. The third-order valence-corrected chi connectivity index (χ3v) is 6.47. The first-order valence-electron chi connectivity index (χ1n) is 8.89.